The van der Waals surface area contributed by atoms with Gasteiger partial charge < -0.3 is 23.7 Å². The second kappa shape index (κ2) is 5.93. The summed E-state index contributed by atoms with van der Waals surface area (Å²) in [6, 6.07) is 0. The molecule has 3 saturated heterocycles. The van der Waals surface area contributed by atoms with E-state index in [-0.39, 0.29) is 0 Å². The summed E-state index contributed by atoms with van der Waals surface area (Å²) in [7, 11) is 0. The van der Waals surface area contributed by atoms with Crippen molar-refractivity contribution in [2.45, 2.75) is 95.8 Å². The van der Waals surface area contributed by atoms with Gasteiger partial charge in [-0.1, -0.05) is 13.3 Å². The minimum absolute atomic E-state index is 0.427. The van der Waals surface area contributed by atoms with Gasteiger partial charge in [0.05, 0.1) is 5.41 Å². The van der Waals surface area contributed by atoms with Crippen LogP contribution in [0.1, 0.15) is 59.3 Å². The highest BCUT2D eigenvalue weighted by Crippen LogP contribution is 2.48. The molecule has 3 aliphatic heterocycles. The molecule has 4 rings (SSSR count). The first-order valence-corrected chi connectivity index (χ1v) is 9.28. The molecule has 1 unspecified atom stereocenters. The first-order chi connectivity index (χ1) is 11.9. The Hall–Kier alpha value is -1.18. The largest absolute Gasteiger partial charge is 0.454 e. The fraction of sp³-hybridized carbons (Fsp3) is 0.889. The van der Waals surface area contributed by atoms with Crippen molar-refractivity contribution >= 4 is 11.9 Å². The third kappa shape index (κ3) is 2.76. The van der Waals surface area contributed by atoms with E-state index in [1.54, 1.807) is 13.8 Å². The first-order valence-electron chi connectivity index (χ1n) is 9.28. The van der Waals surface area contributed by atoms with E-state index in [1.807, 2.05) is 6.92 Å². The molecular formula is C18H26O7. The molecule has 0 radical (unpaired) electrons. The van der Waals surface area contributed by atoms with E-state index < -0.39 is 53.8 Å². The molecule has 140 valence electrons. The second-order valence-electron chi connectivity index (χ2n) is 8.11. The normalized spacial score (nSPS) is 39.2. The van der Waals surface area contributed by atoms with Crippen LogP contribution in [0.2, 0.25) is 0 Å². The van der Waals surface area contributed by atoms with Gasteiger partial charge in [-0.15, -0.1) is 0 Å². The van der Waals surface area contributed by atoms with E-state index in [2.05, 4.69) is 0 Å². The molecule has 0 bridgehead atoms. The van der Waals surface area contributed by atoms with Gasteiger partial charge in [0, 0.05) is 12.8 Å². The number of hydrogen-bond acceptors (Lipinski definition) is 7. The third-order valence-electron chi connectivity index (χ3n) is 5.96. The predicted molar refractivity (Wildman–Crippen MR) is 84.3 cm³/mol. The van der Waals surface area contributed by atoms with E-state index in [0.717, 1.165) is 25.7 Å². The third-order valence-corrected chi connectivity index (χ3v) is 5.96. The maximum absolute atomic E-state index is 12.3. The molecule has 1 aliphatic carbocycles. The SMILES string of the molecule is CCC(C)(C)C(=O)OC1C(=O)O[C@@H]2[C@@H]3OC4(CCCCC4)O[C@@H]3O[C@H]12. The molecule has 0 N–H and O–H groups in total. The molecule has 4 aliphatic rings. The van der Waals surface area contributed by atoms with Crippen LogP contribution in [0.15, 0.2) is 0 Å². The van der Waals surface area contributed by atoms with E-state index in [9.17, 15) is 9.59 Å². The van der Waals surface area contributed by atoms with E-state index >= 15 is 0 Å². The summed E-state index contributed by atoms with van der Waals surface area (Å²) in [5.74, 6) is -1.60. The Bertz CT molecular complexity index is 566. The Morgan fingerprint density at radius 1 is 1.16 bits per heavy atom. The van der Waals surface area contributed by atoms with Crippen molar-refractivity contribution in [3.8, 4) is 0 Å². The molecule has 0 aromatic carbocycles. The van der Waals surface area contributed by atoms with Gasteiger partial charge in [0.25, 0.3) is 0 Å². The predicted octanol–water partition coefficient (Wildman–Crippen LogP) is 2.06. The van der Waals surface area contributed by atoms with Gasteiger partial charge in [-0.05, 0) is 33.1 Å². The van der Waals surface area contributed by atoms with Gasteiger partial charge in [0.2, 0.25) is 6.10 Å². The lowest BCUT2D eigenvalue weighted by Crippen LogP contribution is -2.41. The maximum atomic E-state index is 12.3. The molecule has 3 heterocycles. The van der Waals surface area contributed by atoms with Crippen molar-refractivity contribution in [1.82, 2.24) is 0 Å². The molecule has 1 saturated carbocycles. The number of carbonyl (C=O) groups excluding carboxylic acids is 2. The van der Waals surface area contributed by atoms with Gasteiger partial charge in [-0.3, -0.25) is 4.79 Å². The van der Waals surface area contributed by atoms with Gasteiger partial charge in [0.1, 0.15) is 6.10 Å². The molecule has 1 spiro atoms. The van der Waals surface area contributed by atoms with Crippen LogP contribution in [0.3, 0.4) is 0 Å². The fourth-order valence-corrected chi connectivity index (χ4v) is 3.93. The molecule has 0 aromatic rings. The van der Waals surface area contributed by atoms with E-state index in [4.69, 9.17) is 23.7 Å². The standard InChI is InChI=1S/C18H26O7/c1-4-17(2,3)16(20)23-12-10-11(21-14(12)19)13-15(22-10)25-18(24-13)8-6-5-7-9-18/h10-13,15H,4-9H2,1-3H3/t10-,11-,12?,13-,15-/m0/s1. The smallest absolute Gasteiger partial charge is 0.350 e. The molecule has 25 heavy (non-hydrogen) atoms. The topological polar surface area (TPSA) is 80.3 Å². The van der Waals surface area contributed by atoms with E-state index in [0.29, 0.717) is 6.42 Å². The lowest BCUT2D eigenvalue weighted by atomic mass is 9.90. The summed E-state index contributed by atoms with van der Waals surface area (Å²) in [6.45, 7) is 5.48. The molecule has 7 heteroatoms. The number of rotatable bonds is 3. The Balaban J connectivity index is 1.45. The maximum Gasteiger partial charge on any atom is 0.350 e. The van der Waals surface area contributed by atoms with Crippen LogP contribution in [0.4, 0.5) is 0 Å². The van der Waals surface area contributed by atoms with Crippen LogP contribution < -0.4 is 0 Å². The average molecular weight is 354 g/mol. The zero-order valence-corrected chi connectivity index (χ0v) is 15.0. The Labute approximate surface area is 147 Å². The zero-order chi connectivity index (χ0) is 17.8. The molecule has 5 atom stereocenters. The van der Waals surface area contributed by atoms with E-state index in [1.165, 1.54) is 6.42 Å². The van der Waals surface area contributed by atoms with Crippen LogP contribution in [0, 0.1) is 5.41 Å². The molecule has 0 aromatic heterocycles. The van der Waals surface area contributed by atoms with Crippen molar-refractivity contribution in [3.63, 3.8) is 0 Å². The summed E-state index contributed by atoms with van der Waals surface area (Å²) in [5.41, 5.74) is -0.661. The highest BCUT2D eigenvalue weighted by Gasteiger charge is 2.65. The lowest BCUT2D eigenvalue weighted by Gasteiger charge is -2.33. The lowest BCUT2D eigenvalue weighted by molar-refractivity contribution is -0.246. The molecule has 4 fully saturated rings. The molecule has 7 nitrogen and oxygen atoms in total. The Morgan fingerprint density at radius 3 is 2.56 bits per heavy atom. The van der Waals surface area contributed by atoms with Crippen LogP contribution in [-0.4, -0.2) is 48.4 Å². The number of fused-ring (bicyclic) bond motifs is 3. The summed E-state index contributed by atoms with van der Waals surface area (Å²) >= 11 is 0. The van der Waals surface area contributed by atoms with Crippen LogP contribution in [0.5, 0.6) is 0 Å². The number of hydrogen-bond donors (Lipinski definition) is 0. The summed E-state index contributed by atoms with van der Waals surface area (Å²) < 4.78 is 29.0. The monoisotopic (exact) mass is 354 g/mol. The first kappa shape index (κ1) is 17.2. The van der Waals surface area contributed by atoms with Gasteiger partial charge in [-0.2, -0.15) is 0 Å². The van der Waals surface area contributed by atoms with Crippen LogP contribution in [0.25, 0.3) is 0 Å². The molecular weight excluding hydrogens is 328 g/mol. The second-order valence-corrected chi connectivity index (χ2v) is 8.11. The Kier molecular flexibility index (Phi) is 4.09. The summed E-state index contributed by atoms with van der Waals surface area (Å²) in [4.78, 5) is 24.5. The number of ether oxygens (including phenoxy) is 5. The minimum Gasteiger partial charge on any atom is -0.454 e. The van der Waals surface area contributed by atoms with Crippen molar-refractivity contribution in [3.05, 3.63) is 0 Å². The zero-order valence-electron chi connectivity index (χ0n) is 15.0. The van der Waals surface area contributed by atoms with Crippen LogP contribution in [-0.2, 0) is 33.3 Å². The van der Waals surface area contributed by atoms with Crippen molar-refractivity contribution in [1.29, 1.82) is 0 Å². The van der Waals surface area contributed by atoms with Crippen LogP contribution >= 0.6 is 0 Å². The average Bonchev–Trinajstić information content (AvgIpc) is 3.17. The summed E-state index contributed by atoms with van der Waals surface area (Å²) in [5, 5.41) is 0. The quantitative estimate of drug-likeness (QED) is 0.718. The highest BCUT2D eigenvalue weighted by atomic mass is 16.9. The van der Waals surface area contributed by atoms with Gasteiger partial charge in [0.15, 0.2) is 24.3 Å². The number of carbonyl (C=O) groups is 2. The van der Waals surface area contributed by atoms with Crippen molar-refractivity contribution in [2.24, 2.45) is 5.41 Å². The van der Waals surface area contributed by atoms with Crippen molar-refractivity contribution < 1.29 is 33.3 Å². The number of esters is 2. The van der Waals surface area contributed by atoms with Gasteiger partial charge in [-0.25, -0.2) is 4.79 Å². The summed E-state index contributed by atoms with van der Waals surface area (Å²) in [6.07, 6.45) is 2.25. The highest BCUT2D eigenvalue weighted by molar-refractivity contribution is 5.84. The van der Waals surface area contributed by atoms with Gasteiger partial charge >= 0.3 is 11.9 Å². The minimum atomic E-state index is -1.05. The van der Waals surface area contributed by atoms with Crippen molar-refractivity contribution in [2.75, 3.05) is 0 Å². The molecule has 0 amide bonds. The fourth-order valence-electron chi connectivity index (χ4n) is 3.93. The Morgan fingerprint density at radius 2 is 1.88 bits per heavy atom.